The molecule has 1 aromatic carbocycles. The van der Waals surface area contributed by atoms with Gasteiger partial charge in [-0.1, -0.05) is 13.8 Å². The minimum absolute atomic E-state index is 0.0393. The van der Waals surface area contributed by atoms with Gasteiger partial charge in [0, 0.05) is 0 Å². The average molecular weight is 320 g/mol. The highest BCUT2D eigenvalue weighted by molar-refractivity contribution is 6.21. The molecule has 0 fully saturated rings. The summed E-state index contributed by atoms with van der Waals surface area (Å²) in [6, 6.07) is 2.48. The van der Waals surface area contributed by atoms with E-state index in [0.717, 1.165) is 6.07 Å². The Kier molecular flexibility index (Phi) is 4.46. The van der Waals surface area contributed by atoms with Gasteiger partial charge in [-0.3, -0.25) is 14.4 Å². The van der Waals surface area contributed by atoms with Gasteiger partial charge in [0.1, 0.15) is 6.04 Å². The monoisotopic (exact) mass is 320 g/mol. The van der Waals surface area contributed by atoms with Crippen LogP contribution in [-0.2, 0) is 4.79 Å². The van der Waals surface area contributed by atoms with E-state index < -0.39 is 29.8 Å². The Balaban J connectivity index is 2.29. The zero-order chi connectivity index (χ0) is 17.3. The van der Waals surface area contributed by atoms with Crippen LogP contribution < -0.4 is 5.43 Å². The van der Waals surface area contributed by atoms with E-state index in [1.165, 1.54) is 12.1 Å². The second-order valence-electron chi connectivity index (χ2n) is 5.66. The number of carbonyl (C=O) groups excluding carboxylic acids is 2. The quantitative estimate of drug-likeness (QED) is 0.667. The van der Waals surface area contributed by atoms with E-state index in [9.17, 15) is 24.3 Å². The van der Waals surface area contributed by atoms with Crippen LogP contribution in [0.5, 0.6) is 0 Å². The maximum Gasteiger partial charge on any atom is 0.335 e. The number of carboxylic acid groups (broad SMARTS) is 2. The molecule has 1 atom stereocenters. The van der Waals surface area contributed by atoms with Gasteiger partial charge >= 0.3 is 11.9 Å². The SMILES string of the molecule is CC(C)C[C@H](NN1C(=O)c2ccc(C(=O)O)cc2C1=O)C(=O)O. The number of fused-ring (bicyclic) bond motifs is 1. The van der Waals surface area contributed by atoms with Crippen molar-refractivity contribution in [1.29, 1.82) is 0 Å². The van der Waals surface area contributed by atoms with Crippen molar-refractivity contribution >= 4 is 23.8 Å². The van der Waals surface area contributed by atoms with Crippen LogP contribution >= 0.6 is 0 Å². The van der Waals surface area contributed by atoms with Gasteiger partial charge in [-0.2, -0.15) is 0 Å². The van der Waals surface area contributed by atoms with Crippen LogP contribution in [-0.4, -0.2) is 45.0 Å². The zero-order valence-corrected chi connectivity index (χ0v) is 12.6. The lowest BCUT2D eigenvalue weighted by Crippen LogP contribution is -2.51. The molecule has 0 saturated carbocycles. The van der Waals surface area contributed by atoms with E-state index in [1.54, 1.807) is 0 Å². The molecule has 1 aliphatic heterocycles. The highest BCUT2D eigenvalue weighted by atomic mass is 16.4. The Labute approximate surface area is 131 Å². The van der Waals surface area contributed by atoms with Crippen molar-refractivity contribution in [3.63, 3.8) is 0 Å². The third-order valence-corrected chi connectivity index (χ3v) is 3.42. The van der Waals surface area contributed by atoms with Gasteiger partial charge in [0.15, 0.2) is 0 Å². The Morgan fingerprint density at radius 1 is 1.13 bits per heavy atom. The van der Waals surface area contributed by atoms with Crippen molar-refractivity contribution in [3.05, 3.63) is 34.9 Å². The third kappa shape index (κ3) is 3.21. The summed E-state index contributed by atoms with van der Waals surface area (Å²) in [5, 5.41) is 18.8. The second kappa shape index (κ2) is 6.17. The van der Waals surface area contributed by atoms with E-state index in [-0.39, 0.29) is 29.0 Å². The number of hydrogen-bond donors (Lipinski definition) is 3. The van der Waals surface area contributed by atoms with Crippen LogP contribution in [0.1, 0.15) is 51.3 Å². The Bertz CT molecular complexity index is 697. The minimum atomic E-state index is -1.22. The molecule has 3 N–H and O–H groups in total. The molecular weight excluding hydrogens is 304 g/mol. The molecule has 0 aliphatic carbocycles. The van der Waals surface area contributed by atoms with Gasteiger partial charge in [-0.25, -0.2) is 15.2 Å². The van der Waals surface area contributed by atoms with Gasteiger partial charge in [0.05, 0.1) is 16.7 Å². The molecule has 2 rings (SSSR count). The molecule has 0 aromatic heterocycles. The normalized spacial score (nSPS) is 15.0. The molecule has 0 spiro atoms. The number of aromatic carboxylic acids is 1. The molecular formula is C15H16N2O6. The number of carbonyl (C=O) groups is 4. The molecule has 8 nitrogen and oxygen atoms in total. The van der Waals surface area contributed by atoms with Gasteiger partial charge in [0.25, 0.3) is 11.8 Å². The molecule has 0 unspecified atom stereocenters. The molecule has 23 heavy (non-hydrogen) atoms. The molecule has 1 heterocycles. The van der Waals surface area contributed by atoms with Crippen molar-refractivity contribution in [2.45, 2.75) is 26.3 Å². The number of imide groups is 1. The van der Waals surface area contributed by atoms with Gasteiger partial charge in [-0.15, -0.1) is 0 Å². The van der Waals surface area contributed by atoms with Gasteiger partial charge < -0.3 is 10.2 Å². The van der Waals surface area contributed by atoms with Crippen LogP contribution in [0, 0.1) is 5.92 Å². The van der Waals surface area contributed by atoms with Crippen LogP contribution in [0.2, 0.25) is 0 Å². The topological polar surface area (TPSA) is 124 Å². The molecule has 0 bridgehead atoms. The first-order valence-corrected chi connectivity index (χ1v) is 6.97. The summed E-state index contributed by atoms with van der Waals surface area (Å²) in [5.74, 6) is -3.82. The number of carboxylic acids is 2. The molecule has 122 valence electrons. The fraction of sp³-hybridized carbons (Fsp3) is 0.333. The third-order valence-electron chi connectivity index (χ3n) is 3.42. The summed E-state index contributed by atoms with van der Waals surface area (Å²) in [6.07, 6.45) is 0.225. The summed E-state index contributed by atoms with van der Waals surface area (Å²) >= 11 is 0. The van der Waals surface area contributed by atoms with E-state index in [1.807, 2.05) is 13.8 Å². The minimum Gasteiger partial charge on any atom is -0.480 e. The van der Waals surface area contributed by atoms with E-state index >= 15 is 0 Å². The number of nitrogens with one attached hydrogen (secondary N) is 1. The van der Waals surface area contributed by atoms with Crippen molar-refractivity contribution < 1.29 is 29.4 Å². The summed E-state index contributed by atoms with van der Waals surface area (Å²) in [4.78, 5) is 46.7. The Morgan fingerprint density at radius 2 is 1.74 bits per heavy atom. The molecule has 0 radical (unpaired) electrons. The molecule has 8 heteroatoms. The fourth-order valence-corrected chi connectivity index (χ4v) is 2.33. The van der Waals surface area contributed by atoms with E-state index in [2.05, 4.69) is 5.43 Å². The van der Waals surface area contributed by atoms with Crippen molar-refractivity contribution in [3.8, 4) is 0 Å². The lowest BCUT2D eigenvalue weighted by Gasteiger charge is -2.22. The number of rotatable bonds is 6. The average Bonchev–Trinajstić information content (AvgIpc) is 2.70. The molecule has 2 amide bonds. The summed E-state index contributed by atoms with van der Waals surface area (Å²) in [6.45, 7) is 3.64. The molecule has 1 aromatic rings. The molecule has 0 saturated heterocycles. The number of nitrogens with zero attached hydrogens (tertiary/aromatic N) is 1. The van der Waals surface area contributed by atoms with Crippen LogP contribution in [0.4, 0.5) is 0 Å². The van der Waals surface area contributed by atoms with Crippen LogP contribution in [0.15, 0.2) is 18.2 Å². The largest absolute Gasteiger partial charge is 0.480 e. The van der Waals surface area contributed by atoms with Gasteiger partial charge in [0.2, 0.25) is 0 Å². The Hall–Kier alpha value is -2.74. The summed E-state index contributed by atoms with van der Waals surface area (Å²) < 4.78 is 0. The first-order valence-electron chi connectivity index (χ1n) is 6.97. The number of hydrogen-bond acceptors (Lipinski definition) is 5. The summed E-state index contributed by atoms with van der Waals surface area (Å²) in [5.41, 5.74) is 2.29. The maximum absolute atomic E-state index is 12.3. The number of aliphatic carboxylic acids is 1. The second-order valence-corrected chi connectivity index (χ2v) is 5.66. The standard InChI is InChI=1S/C15H16N2O6/c1-7(2)5-11(15(22)23)16-17-12(18)9-4-3-8(14(20)21)6-10(9)13(17)19/h3-4,6-7,11,16H,5H2,1-2H3,(H,20,21)(H,22,23)/t11-/m0/s1. The highest BCUT2D eigenvalue weighted by Gasteiger charge is 2.38. The predicted octanol–water partition coefficient (Wildman–Crippen LogP) is 0.985. The lowest BCUT2D eigenvalue weighted by atomic mass is 10.0. The first kappa shape index (κ1) is 16.6. The lowest BCUT2D eigenvalue weighted by molar-refractivity contribution is -0.140. The van der Waals surface area contributed by atoms with Gasteiger partial charge in [-0.05, 0) is 30.5 Å². The van der Waals surface area contributed by atoms with Crippen molar-refractivity contribution in [2.24, 2.45) is 5.92 Å². The summed E-state index contributed by atoms with van der Waals surface area (Å²) in [7, 11) is 0. The van der Waals surface area contributed by atoms with Crippen molar-refractivity contribution in [1.82, 2.24) is 10.4 Å². The number of hydrazine groups is 1. The first-order chi connectivity index (χ1) is 10.7. The van der Waals surface area contributed by atoms with E-state index in [4.69, 9.17) is 5.11 Å². The number of amides is 2. The smallest absolute Gasteiger partial charge is 0.335 e. The Morgan fingerprint density at radius 3 is 2.26 bits per heavy atom. The van der Waals surface area contributed by atoms with Crippen LogP contribution in [0.25, 0.3) is 0 Å². The number of benzene rings is 1. The maximum atomic E-state index is 12.3. The van der Waals surface area contributed by atoms with Crippen molar-refractivity contribution in [2.75, 3.05) is 0 Å². The van der Waals surface area contributed by atoms with Crippen LogP contribution in [0.3, 0.4) is 0 Å². The zero-order valence-electron chi connectivity index (χ0n) is 12.6. The fourth-order valence-electron chi connectivity index (χ4n) is 2.33. The highest BCUT2D eigenvalue weighted by Crippen LogP contribution is 2.23. The van der Waals surface area contributed by atoms with E-state index in [0.29, 0.717) is 5.01 Å². The predicted molar refractivity (Wildman–Crippen MR) is 77.9 cm³/mol. The molecule has 1 aliphatic rings.